The minimum atomic E-state index is -4.60. The fourth-order valence-corrected chi connectivity index (χ4v) is 3.46. The van der Waals surface area contributed by atoms with Crippen molar-refractivity contribution in [3.63, 3.8) is 0 Å². The third kappa shape index (κ3) is 5.13. The summed E-state index contributed by atoms with van der Waals surface area (Å²) >= 11 is 1.09. The molecular weight excluding hydrogens is 373 g/mol. The molecule has 1 fully saturated rings. The molecule has 0 aromatic heterocycles. The zero-order chi connectivity index (χ0) is 19.3. The van der Waals surface area contributed by atoms with Crippen molar-refractivity contribution < 1.29 is 32.3 Å². The summed E-state index contributed by atoms with van der Waals surface area (Å²) in [6.07, 6.45) is -4.91. The Morgan fingerprint density at radius 3 is 2.65 bits per heavy atom. The second-order valence-electron chi connectivity index (χ2n) is 5.43. The van der Waals surface area contributed by atoms with E-state index in [4.69, 9.17) is 4.74 Å². The van der Waals surface area contributed by atoms with Crippen molar-refractivity contribution >= 4 is 35.2 Å². The van der Waals surface area contributed by atoms with E-state index in [2.05, 4.69) is 10.6 Å². The number of thioether (sulfide) groups is 1. The van der Waals surface area contributed by atoms with Crippen molar-refractivity contribution in [1.29, 1.82) is 0 Å². The van der Waals surface area contributed by atoms with Crippen LogP contribution in [0.25, 0.3) is 0 Å². The van der Waals surface area contributed by atoms with Gasteiger partial charge in [-0.05, 0) is 19.1 Å². The number of carbonyl (C=O) groups excluding carboxylic acids is 3. The van der Waals surface area contributed by atoms with Crippen LogP contribution in [0.1, 0.15) is 18.9 Å². The van der Waals surface area contributed by atoms with Gasteiger partial charge in [-0.15, -0.1) is 11.8 Å². The average molecular weight is 390 g/mol. The first-order chi connectivity index (χ1) is 12.2. The van der Waals surface area contributed by atoms with Crippen LogP contribution < -0.4 is 10.6 Å². The lowest BCUT2D eigenvalue weighted by Gasteiger charge is -2.27. The number of nitrogens with one attached hydrogen (secondary N) is 2. The molecule has 10 heteroatoms. The van der Waals surface area contributed by atoms with Gasteiger partial charge in [0, 0.05) is 12.2 Å². The highest BCUT2D eigenvalue weighted by atomic mass is 32.2. The standard InChI is InChI=1S/C16H17F3N2O4S/c1-2-25-15(24)11-8-26-12(14(23)21-11)7-13(22)20-10-6-4-3-5-9(10)16(17,18)19/h3-6,11-12H,2,7-8H2,1H3,(H,20,22)(H,21,23)/t11-,12-/m0/s1. The van der Waals surface area contributed by atoms with Gasteiger partial charge in [-0.3, -0.25) is 9.59 Å². The lowest BCUT2D eigenvalue weighted by atomic mass is 10.1. The molecule has 2 atom stereocenters. The quantitative estimate of drug-likeness (QED) is 0.753. The van der Waals surface area contributed by atoms with Crippen molar-refractivity contribution in [2.45, 2.75) is 30.8 Å². The summed E-state index contributed by atoms with van der Waals surface area (Å²) in [6.45, 7) is 1.82. The molecule has 1 aromatic carbocycles. The number of hydrogen-bond acceptors (Lipinski definition) is 5. The highest BCUT2D eigenvalue weighted by Gasteiger charge is 2.36. The maximum absolute atomic E-state index is 12.9. The zero-order valence-electron chi connectivity index (χ0n) is 13.8. The van der Waals surface area contributed by atoms with Gasteiger partial charge in [0.2, 0.25) is 11.8 Å². The molecule has 26 heavy (non-hydrogen) atoms. The van der Waals surface area contributed by atoms with E-state index in [1.165, 1.54) is 12.1 Å². The molecule has 1 aliphatic rings. The minimum absolute atomic E-state index is 0.181. The van der Waals surface area contributed by atoms with Gasteiger partial charge in [0.15, 0.2) is 0 Å². The Kier molecular flexibility index (Phi) is 6.52. The molecule has 2 amide bonds. The summed E-state index contributed by atoms with van der Waals surface area (Å²) in [5.41, 5.74) is -1.33. The fourth-order valence-electron chi connectivity index (χ4n) is 2.32. The van der Waals surface area contributed by atoms with E-state index >= 15 is 0 Å². The number of anilines is 1. The van der Waals surface area contributed by atoms with Crippen molar-refractivity contribution in [2.24, 2.45) is 0 Å². The molecule has 6 nitrogen and oxygen atoms in total. The summed E-state index contributed by atoms with van der Waals surface area (Å²) < 4.78 is 43.6. The van der Waals surface area contributed by atoms with Crippen molar-refractivity contribution in [1.82, 2.24) is 5.32 Å². The average Bonchev–Trinajstić information content (AvgIpc) is 2.56. The first kappa shape index (κ1) is 20.1. The molecule has 1 heterocycles. The fraction of sp³-hybridized carbons (Fsp3) is 0.438. The van der Waals surface area contributed by atoms with Gasteiger partial charge >= 0.3 is 12.1 Å². The van der Waals surface area contributed by atoms with Crippen LogP contribution >= 0.6 is 11.8 Å². The Morgan fingerprint density at radius 1 is 1.35 bits per heavy atom. The summed E-state index contributed by atoms with van der Waals surface area (Å²) in [5.74, 6) is -1.58. The van der Waals surface area contributed by atoms with Crippen molar-refractivity contribution in [2.75, 3.05) is 17.7 Å². The monoisotopic (exact) mass is 390 g/mol. The Hall–Kier alpha value is -2.23. The number of amides is 2. The summed E-state index contributed by atoms with van der Waals surface area (Å²) in [5, 5.41) is 3.86. The van der Waals surface area contributed by atoms with E-state index in [1.54, 1.807) is 6.92 Å². The first-order valence-electron chi connectivity index (χ1n) is 7.77. The largest absolute Gasteiger partial charge is 0.464 e. The van der Waals surface area contributed by atoms with Crippen molar-refractivity contribution in [3.8, 4) is 0 Å². The summed E-state index contributed by atoms with van der Waals surface area (Å²) in [7, 11) is 0. The van der Waals surface area contributed by atoms with Gasteiger partial charge in [-0.1, -0.05) is 12.1 Å². The Labute approximate surface area is 151 Å². The van der Waals surface area contributed by atoms with E-state index in [-0.39, 0.29) is 24.5 Å². The lowest BCUT2D eigenvalue weighted by molar-refractivity contribution is -0.146. The third-order valence-electron chi connectivity index (χ3n) is 3.52. The van der Waals surface area contributed by atoms with Gasteiger partial charge in [0.05, 0.1) is 23.1 Å². The normalized spacial score (nSPS) is 20.2. The predicted octanol–water partition coefficient (Wildman–Crippen LogP) is 2.20. The smallest absolute Gasteiger partial charge is 0.418 e. The van der Waals surface area contributed by atoms with E-state index < -0.39 is 40.8 Å². The lowest BCUT2D eigenvalue weighted by Crippen LogP contribution is -2.51. The van der Waals surface area contributed by atoms with Crippen LogP contribution in [0.3, 0.4) is 0 Å². The van der Waals surface area contributed by atoms with Crippen LogP contribution in [0.15, 0.2) is 24.3 Å². The second-order valence-corrected chi connectivity index (χ2v) is 6.67. The Morgan fingerprint density at radius 2 is 2.04 bits per heavy atom. The van der Waals surface area contributed by atoms with E-state index in [9.17, 15) is 27.6 Å². The Balaban J connectivity index is 1.96. The van der Waals surface area contributed by atoms with Gasteiger partial charge in [0.1, 0.15) is 6.04 Å². The predicted molar refractivity (Wildman–Crippen MR) is 89.5 cm³/mol. The van der Waals surface area contributed by atoms with Crippen LogP contribution in [0.4, 0.5) is 18.9 Å². The molecular formula is C16H17F3N2O4S. The molecule has 0 radical (unpaired) electrons. The third-order valence-corrected chi connectivity index (χ3v) is 4.83. The van der Waals surface area contributed by atoms with Crippen LogP contribution in [-0.4, -0.2) is 41.4 Å². The number of halogens is 3. The minimum Gasteiger partial charge on any atom is -0.464 e. The van der Waals surface area contributed by atoms with Gasteiger partial charge in [-0.25, -0.2) is 4.79 Å². The first-order valence-corrected chi connectivity index (χ1v) is 8.82. The molecule has 2 N–H and O–H groups in total. The molecule has 2 rings (SSSR count). The highest BCUT2D eigenvalue weighted by Crippen LogP contribution is 2.34. The number of esters is 1. The van der Waals surface area contributed by atoms with Crippen molar-refractivity contribution in [3.05, 3.63) is 29.8 Å². The van der Waals surface area contributed by atoms with E-state index in [0.29, 0.717) is 0 Å². The van der Waals surface area contributed by atoms with Crippen LogP contribution in [0, 0.1) is 0 Å². The van der Waals surface area contributed by atoms with E-state index in [0.717, 1.165) is 23.9 Å². The number of benzene rings is 1. The SMILES string of the molecule is CCOC(=O)[C@@H]1CS[C@@H](CC(=O)Nc2ccccc2C(F)(F)F)C(=O)N1. The molecule has 1 saturated heterocycles. The summed E-state index contributed by atoms with van der Waals surface area (Å²) in [4.78, 5) is 35.7. The molecule has 0 spiro atoms. The molecule has 142 valence electrons. The molecule has 0 aliphatic carbocycles. The number of rotatable bonds is 5. The number of carbonyl (C=O) groups is 3. The van der Waals surface area contributed by atoms with Crippen LogP contribution in [0.2, 0.25) is 0 Å². The highest BCUT2D eigenvalue weighted by molar-refractivity contribution is 8.00. The van der Waals surface area contributed by atoms with Crippen LogP contribution in [0.5, 0.6) is 0 Å². The summed E-state index contributed by atoms with van der Waals surface area (Å²) in [6, 6.07) is 3.81. The van der Waals surface area contributed by atoms with Gasteiger partial charge in [0.25, 0.3) is 0 Å². The molecule has 0 saturated carbocycles. The topological polar surface area (TPSA) is 84.5 Å². The maximum atomic E-state index is 12.9. The number of alkyl halides is 3. The van der Waals surface area contributed by atoms with Crippen LogP contribution in [-0.2, 0) is 25.3 Å². The maximum Gasteiger partial charge on any atom is 0.418 e. The molecule has 0 bridgehead atoms. The Bertz CT molecular complexity index is 696. The number of hydrogen-bond donors (Lipinski definition) is 2. The molecule has 1 aromatic rings. The molecule has 1 aliphatic heterocycles. The second kappa shape index (κ2) is 8.43. The van der Waals surface area contributed by atoms with E-state index in [1.807, 2.05) is 0 Å². The number of ether oxygens (including phenoxy) is 1. The number of para-hydroxylation sites is 1. The van der Waals surface area contributed by atoms with Gasteiger partial charge < -0.3 is 15.4 Å². The zero-order valence-corrected chi connectivity index (χ0v) is 14.6. The molecule has 0 unspecified atom stereocenters. The van der Waals surface area contributed by atoms with Gasteiger partial charge in [-0.2, -0.15) is 13.2 Å².